The van der Waals surface area contributed by atoms with E-state index in [1.165, 1.54) is 5.56 Å². The molecule has 0 amide bonds. The van der Waals surface area contributed by atoms with Gasteiger partial charge in [-0.3, -0.25) is 4.48 Å². The van der Waals surface area contributed by atoms with Crippen molar-refractivity contribution in [3.63, 3.8) is 0 Å². The first-order valence-corrected chi connectivity index (χ1v) is 4.60. The van der Waals surface area contributed by atoms with Gasteiger partial charge in [0.2, 0.25) is 0 Å². The SMILES string of the molecule is C=C[N+](C)(C)C(C)c1ccccc1.[Br-]. The van der Waals surface area contributed by atoms with E-state index < -0.39 is 0 Å². The Bertz CT molecular complexity index is 280. The van der Waals surface area contributed by atoms with Gasteiger partial charge in [-0.25, -0.2) is 0 Å². The van der Waals surface area contributed by atoms with Crippen molar-refractivity contribution < 1.29 is 21.5 Å². The lowest BCUT2D eigenvalue weighted by atomic mass is 10.1. The number of rotatable bonds is 3. The molecule has 0 saturated heterocycles. The molecule has 0 saturated carbocycles. The molecule has 0 radical (unpaired) electrons. The predicted octanol–water partition coefficient (Wildman–Crippen LogP) is -0.0285. The number of benzene rings is 1. The smallest absolute Gasteiger partial charge is 0.116 e. The van der Waals surface area contributed by atoms with Crippen LogP contribution in [0.1, 0.15) is 18.5 Å². The number of hydrogen-bond donors (Lipinski definition) is 0. The summed E-state index contributed by atoms with van der Waals surface area (Å²) in [4.78, 5) is 0. The number of quaternary nitrogens is 1. The third-order valence-electron chi connectivity index (χ3n) is 2.75. The molecule has 0 aliphatic heterocycles. The van der Waals surface area contributed by atoms with Crippen molar-refractivity contribution >= 4 is 0 Å². The zero-order valence-electron chi connectivity index (χ0n) is 9.07. The summed E-state index contributed by atoms with van der Waals surface area (Å²) in [7, 11) is 4.31. The Labute approximate surface area is 97.4 Å². The largest absolute Gasteiger partial charge is 1.00 e. The number of hydrogen-bond acceptors (Lipinski definition) is 0. The van der Waals surface area contributed by atoms with E-state index >= 15 is 0 Å². The Morgan fingerprint density at radius 2 is 1.71 bits per heavy atom. The van der Waals surface area contributed by atoms with E-state index in [1.54, 1.807) is 0 Å². The Balaban J connectivity index is 0.00000169. The van der Waals surface area contributed by atoms with Crippen LogP contribution in [-0.4, -0.2) is 18.6 Å². The molecule has 2 heteroatoms. The van der Waals surface area contributed by atoms with Gasteiger partial charge in [0.05, 0.1) is 20.3 Å². The lowest BCUT2D eigenvalue weighted by Crippen LogP contribution is -3.00. The Morgan fingerprint density at radius 1 is 1.21 bits per heavy atom. The minimum Gasteiger partial charge on any atom is -1.00 e. The Morgan fingerprint density at radius 3 is 2.14 bits per heavy atom. The standard InChI is InChI=1S/C12H18N.BrH/c1-5-13(3,4)11(2)12-9-7-6-8-10-12;/h5-11H,1H2,2-4H3;1H/q+1;/p-1. The lowest BCUT2D eigenvalue weighted by Gasteiger charge is -2.32. The van der Waals surface area contributed by atoms with Crippen LogP contribution in [0.5, 0.6) is 0 Å². The summed E-state index contributed by atoms with van der Waals surface area (Å²) < 4.78 is 0.810. The molecule has 1 nitrogen and oxygen atoms in total. The van der Waals surface area contributed by atoms with Crippen LogP contribution in [0.15, 0.2) is 43.1 Å². The normalized spacial score (nSPS) is 12.8. The van der Waals surface area contributed by atoms with E-state index in [4.69, 9.17) is 0 Å². The maximum absolute atomic E-state index is 3.85. The van der Waals surface area contributed by atoms with Crippen molar-refractivity contribution in [2.45, 2.75) is 13.0 Å². The van der Waals surface area contributed by atoms with Gasteiger partial charge in [-0.05, 0) is 13.5 Å². The van der Waals surface area contributed by atoms with E-state index in [9.17, 15) is 0 Å². The molecule has 78 valence electrons. The van der Waals surface area contributed by atoms with Crippen LogP contribution in [-0.2, 0) is 0 Å². The molecule has 0 aliphatic rings. The summed E-state index contributed by atoms with van der Waals surface area (Å²) >= 11 is 0. The second-order valence-electron chi connectivity index (χ2n) is 3.90. The first-order valence-electron chi connectivity index (χ1n) is 4.60. The lowest BCUT2D eigenvalue weighted by molar-refractivity contribution is -0.869. The van der Waals surface area contributed by atoms with E-state index in [0.29, 0.717) is 6.04 Å². The third kappa shape index (κ3) is 2.96. The summed E-state index contributed by atoms with van der Waals surface area (Å²) in [5.74, 6) is 0. The first kappa shape index (κ1) is 13.4. The zero-order chi connectivity index (χ0) is 9.90. The quantitative estimate of drug-likeness (QED) is 0.666. The van der Waals surface area contributed by atoms with Crippen molar-refractivity contribution in [3.8, 4) is 0 Å². The van der Waals surface area contributed by atoms with Crippen LogP contribution >= 0.6 is 0 Å². The second kappa shape index (κ2) is 5.32. The van der Waals surface area contributed by atoms with Crippen LogP contribution in [0, 0.1) is 0 Å². The molecule has 0 N–H and O–H groups in total. The molecule has 1 atom stereocenters. The fourth-order valence-corrected chi connectivity index (χ4v) is 1.27. The highest BCUT2D eigenvalue weighted by molar-refractivity contribution is 5.16. The fraction of sp³-hybridized carbons (Fsp3) is 0.333. The molecule has 0 bridgehead atoms. The van der Waals surface area contributed by atoms with Gasteiger partial charge in [-0.2, -0.15) is 0 Å². The number of halogens is 1. The fourth-order valence-electron chi connectivity index (χ4n) is 1.27. The van der Waals surface area contributed by atoms with Crippen molar-refractivity contribution in [1.29, 1.82) is 0 Å². The van der Waals surface area contributed by atoms with Crippen molar-refractivity contribution in [2.75, 3.05) is 14.1 Å². The van der Waals surface area contributed by atoms with E-state index in [2.05, 4.69) is 51.9 Å². The van der Waals surface area contributed by atoms with Crippen molar-refractivity contribution in [2.24, 2.45) is 0 Å². The van der Waals surface area contributed by atoms with Crippen molar-refractivity contribution in [1.82, 2.24) is 0 Å². The van der Waals surface area contributed by atoms with Crippen LogP contribution in [0.3, 0.4) is 0 Å². The summed E-state index contributed by atoms with van der Waals surface area (Å²) in [6.45, 7) is 6.07. The number of nitrogens with zero attached hydrogens (tertiary/aromatic N) is 1. The average Bonchev–Trinajstić information content (AvgIpc) is 2.18. The van der Waals surface area contributed by atoms with Crippen molar-refractivity contribution in [3.05, 3.63) is 48.7 Å². The van der Waals surface area contributed by atoms with Crippen LogP contribution in [0.2, 0.25) is 0 Å². The second-order valence-corrected chi connectivity index (χ2v) is 3.90. The molecule has 0 aliphatic carbocycles. The Kier molecular flexibility index (Phi) is 5.09. The van der Waals surface area contributed by atoms with E-state index in [-0.39, 0.29) is 17.0 Å². The molecule has 14 heavy (non-hydrogen) atoms. The van der Waals surface area contributed by atoms with E-state index in [1.807, 2.05) is 12.3 Å². The molecule has 1 unspecified atom stereocenters. The summed E-state index contributed by atoms with van der Waals surface area (Å²) in [6.07, 6.45) is 1.97. The molecular weight excluding hydrogens is 238 g/mol. The maximum Gasteiger partial charge on any atom is 0.116 e. The highest BCUT2D eigenvalue weighted by Crippen LogP contribution is 2.23. The molecule has 1 aromatic carbocycles. The van der Waals surface area contributed by atoms with Gasteiger partial charge in [0.1, 0.15) is 6.04 Å². The van der Waals surface area contributed by atoms with E-state index in [0.717, 1.165) is 4.48 Å². The highest BCUT2D eigenvalue weighted by Gasteiger charge is 2.21. The molecule has 0 spiro atoms. The highest BCUT2D eigenvalue weighted by atomic mass is 79.9. The summed E-state index contributed by atoms with van der Waals surface area (Å²) in [5, 5.41) is 0. The third-order valence-corrected chi connectivity index (χ3v) is 2.75. The topological polar surface area (TPSA) is 0 Å². The maximum atomic E-state index is 3.85. The average molecular weight is 256 g/mol. The monoisotopic (exact) mass is 255 g/mol. The van der Waals surface area contributed by atoms with Gasteiger partial charge in [0, 0.05) is 5.56 Å². The predicted molar refractivity (Wildman–Crippen MR) is 57.2 cm³/mol. The first-order chi connectivity index (χ1) is 6.08. The van der Waals surface area contributed by atoms with Crippen LogP contribution < -0.4 is 17.0 Å². The molecular formula is C12H18BrN. The summed E-state index contributed by atoms with van der Waals surface area (Å²) in [6, 6.07) is 11.0. The van der Waals surface area contributed by atoms with Gasteiger partial charge in [-0.15, -0.1) is 0 Å². The van der Waals surface area contributed by atoms with Crippen LogP contribution in [0.25, 0.3) is 0 Å². The molecule has 1 rings (SSSR count). The minimum atomic E-state index is 0. The molecule has 0 fully saturated rings. The van der Waals surface area contributed by atoms with Gasteiger partial charge >= 0.3 is 0 Å². The van der Waals surface area contributed by atoms with Gasteiger partial charge in [0.15, 0.2) is 0 Å². The zero-order valence-corrected chi connectivity index (χ0v) is 10.7. The Hall–Kier alpha value is -0.600. The molecule has 1 aromatic rings. The molecule has 0 aromatic heterocycles. The van der Waals surface area contributed by atoms with Gasteiger partial charge in [-0.1, -0.05) is 30.3 Å². The van der Waals surface area contributed by atoms with Gasteiger partial charge in [0.25, 0.3) is 0 Å². The molecule has 0 heterocycles. The van der Waals surface area contributed by atoms with Gasteiger partial charge < -0.3 is 17.0 Å². The van der Waals surface area contributed by atoms with Crippen LogP contribution in [0.4, 0.5) is 0 Å². The summed E-state index contributed by atoms with van der Waals surface area (Å²) in [5.41, 5.74) is 1.35. The minimum absolute atomic E-state index is 0.